The van der Waals surface area contributed by atoms with E-state index in [1.54, 1.807) is 16.7 Å². The molecule has 2 aliphatic carbocycles. The zero-order valence-electron chi connectivity index (χ0n) is 12.7. The number of carboxylic acid groups (broad SMARTS) is 1. The van der Waals surface area contributed by atoms with Crippen LogP contribution in [0.3, 0.4) is 0 Å². The first-order valence-corrected chi connectivity index (χ1v) is 9.29. The van der Waals surface area contributed by atoms with E-state index in [0.29, 0.717) is 11.7 Å². The van der Waals surface area contributed by atoms with Gasteiger partial charge < -0.3 is 10.0 Å². The van der Waals surface area contributed by atoms with Crippen molar-refractivity contribution in [3.8, 4) is 0 Å². The normalized spacial score (nSPS) is 39.9. The van der Waals surface area contributed by atoms with Gasteiger partial charge in [-0.3, -0.25) is 4.79 Å². The van der Waals surface area contributed by atoms with Crippen LogP contribution in [0.4, 0.5) is 0 Å². The van der Waals surface area contributed by atoms with Crippen LogP contribution in [0, 0.1) is 17.8 Å². The van der Waals surface area contributed by atoms with Crippen molar-refractivity contribution in [2.45, 2.75) is 63.3 Å². The Hall–Kier alpha value is -0.710. The van der Waals surface area contributed by atoms with Crippen LogP contribution in [0.1, 0.15) is 51.9 Å². The molecule has 0 spiro atoms. The van der Waals surface area contributed by atoms with Crippen molar-refractivity contribution in [3.05, 3.63) is 0 Å². The number of aliphatic carboxylic acids is 1. The maximum atomic E-state index is 12.8. The third kappa shape index (κ3) is 2.94. The predicted molar refractivity (Wildman–Crippen MR) is 83.0 cm³/mol. The summed E-state index contributed by atoms with van der Waals surface area (Å²) >= 11 is 1.58. The van der Waals surface area contributed by atoms with Gasteiger partial charge >= 0.3 is 5.97 Å². The standard InChI is InChI=1S/C16H25NO3S/c1-10-17(14(9-21-10)16(19)20)15(18)13-7-6-11-4-2-3-5-12(11)8-13/h10-14H,2-9H2,1H3,(H,19,20). The summed E-state index contributed by atoms with van der Waals surface area (Å²) in [7, 11) is 0. The van der Waals surface area contributed by atoms with Crippen LogP contribution in [-0.4, -0.2) is 39.1 Å². The molecule has 118 valence electrons. The van der Waals surface area contributed by atoms with Gasteiger partial charge in [0.2, 0.25) is 5.91 Å². The van der Waals surface area contributed by atoms with Gasteiger partial charge in [-0.1, -0.05) is 25.7 Å². The number of hydrogen-bond donors (Lipinski definition) is 1. The average molecular weight is 311 g/mol. The Morgan fingerprint density at radius 1 is 1.10 bits per heavy atom. The van der Waals surface area contributed by atoms with Gasteiger partial charge in [0.05, 0.1) is 5.37 Å². The van der Waals surface area contributed by atoms with Crippen molar-refractivity contribution in [2.75, 3.05) is 5.75 Å². The first kappa shape index (κ1) is 15.2. The van der Waals surface area contributed by atoms with E-state index in [2.05, 4.69) is 0 Å². The van der Waals surface area contributed by atoms with E-state index in [9.17, 15) is 14.7 Å². The number of hydrogen-bond acceptors (Lipinski definition) is 3. The zero-order chi connectivity index (χ0) is 15.0. The molecule has 3 rings (SSSR count). The number of amides is 1. The largest absolute Gasteiger partial charge is 0.480 e. The van der Waals surface area contributed by atoms with Crippen LogP contribution in [0.5, 0.6) is 0 Å². The fourth-order valence-electron chi connectivity index (χ4n) is 4.48. The highest BCUT2D eigenvalue weighted by Gasteiger charge is 2.44. The molecule has 3 aliphatic rings. The Balaban J connectivity index is 1.68. The Labute approximate surface area is 130 Å². The first-order valence-electron chi connectivity index (χ1n) is 8.24. The molecular formula is C16H25NO3S. The van der Waals surface area contributed by atoms with Crippen LogP contribution in [0.25, 0.3) is 0 Å². The van der Waals surface area contributed by atoms with Crippen molar-refractivity contribution in [2.24, 2.45) is 17.8 Å². The summed E-state index contributed by atoms with van der Waals surface area (Å²) in [6.45, 7) is 1.96. The quantitative estimate of drug-likeness (QED) is 0.852. The fraction of sp³-hybridized carbons (Fsp3) is 0.875. The minimum Gasteiger partial charge on any atom is -0.480 e. The molecule has 1 N–H and O–H groups in total. The van der Waals surface area contributed by atoms with Gasteiger partial charge in [0, 0.05) is 11.7 Å². The van der Waals surface area contributed by atoms with E-state index in [1.165, 1.54) is 25.7 Å². The highest BCUT2D eigenvalue weighted by molar-refractivity contribution is 8.00. The number of rotatable bonds is 2. The summed E-state index contributed by atoms with van der Waals surface area (Å²) in [5.41, 5.74) is 0. The van der Waals surface area contributed by atoms with Crippen molar-refractivity contribution < 1.29 is 14.7 Å². The molecule has 4 nitrogen and oxygen atoms in total. The molecule has 5 atom stereocenters. The van der Waals surface area contributed by atoms with Gasteiger partial charge in [-0.2, -0.15) is 0 Å². The number of nitrogens with zero attached hydrogens (tertiary/aromatic N) is 1. The highest BCUT2D eigenvalue weighted by Crippen LogP contribution is 2.44. The third-order valence-corrected chi connectivity index (χ3v) is 6.87. The fourth-order valence-corrected chi connectivity index (χ4v) is 5.65. The second-order valence-electron chi connectivity index (χ2n) is 6.85. The minimum absolute atomic E-state index is 0.00248. The summed E-state index contributed by atoms with van der Waals surface area (Å²) in [5.74, 6) is 1.36. The Morgan fingerprint density at radius 3 is 2.52 bits per heavy atom. The second kappa shape index (κ2) is 6.19. The molecule has 0 aromatic heterocycles. The van der Waals surface area contributed by atoms with Crippen molar-refractivity contribution in [1.29, 1.82) is 0 Å². The number of fused-ring (bicyclic) bond motifs is 1. The lowest BCUT2D eigenvalue weighted by Gasteiger charge is -2.40. The van der Waals surface area contributed by atoms with Gasteiger partial charge in [-0.05, 0) is 38.0 Å². The van der Waals surface area contributed by atoms with Crippen LogP contribution in [0.2, 0.25) is 0 Å². The molecule has 0 radical (unpaired) electrons. The lowest BCUT2D eigenvalue weighted by atomic mass is 9.67. The van der Waals surface area contributed by atoms with Crippen LogP contribution < -0.4 is 0 Å². The average Bonchev–Trinajstić information content (AvgIpc) is 2.88. The van der Waals surface area contributed by atoms with E-state index in [-0.39, 0.29) is 17.2 Å². The molecule has 0 aromatic rings. The molecule has 0 bridgehead atoms. The maximum absolute atomic E-state index is 12.8. The van der Waals surface area contributed by atoms with E-state index < -0.39 is 12.0 Å². The topological polar surface area (TPSA) is 57.6 Å². The highest BCUT2D eigenvalue weighted by atomic mass is 32.2. The van der Waals surface area contributed by atoms with E-state index in [1.807, 2.05) is 6.92 Å². The van der Waals surface area contributed by atoms with E-state index in [4.69, 9.17) is 0 Å². The smallest absolute Gasteiger partial charge is 0.327 e. The van der Waals surface area contributed by atoms with Crippen molar-refractivity contribution in [1.82, 2.24) is 4.90 Å². The maximum Gasteiger partial charge on any atom is 0.327 e. The van der Waals surface area contributed by atoms with Crippen LogP contribution >= 0.6 is 11.8 Å². The van der Waals surface area contributed by atoms with E-state index in [0.717, 1.165) is 25.2 Å². The molecule has 1 heterocycles. The number of carboxylic acids is 1. The summed E-state index contributed by atoms with van der Waals surface area (Å²) < 4.78 is 0. The molecule has 0 aromatic carbocycles. The number of thioether (sulfide) groups is 1. The number of carbonyl (C=O) groups excluding carboxylic acids is 1. The summed E-state index contributed by atoms with van der Waals surface area (Å²) in [6, 6.07) is -0.624. The van der Waals surface area contributed by atoms with Gasteiger partial charge in [0.25, 0.3) is 0 Å². The molecule has 5 heteroatoms. The lowest BCUT2D eigenvalue weighted by molar-refractivity contribution is -0.151. The molecule has 2 saturated carbocycles. The molecule has 21 heavy (non-hydrogen) atoms. The van der Waals surface area contributed by atoms with Gasteiger partial charge in [-0.25, -0.2) is 4.79 Å². The lowest BCUT2D eigenvalue weighted by Crippen LogP contribution is -2.48. The van der Waals surface area contributed by atoms with Gasteiger partial charge in [0.15, 0.2) is 0 Å². The molecule has 1 amide bonds. The SMILES string of the molecule is CC1SCC(C(=O)O)N1C(=O)C1CCC2CCCCC2C1. The molecule has 5 unspecified atom stereocenters. The molecule has 1 saturated heterocycles. The predicted octanol–water partition coefficient (Wildman–Crippen LogP) is 2.97. The Bertz CT molecular complexity index is 428. The monoisotopic (exact) mass is 311 g/mol. The number of carbonyl (C=O) groups is 2. The molecule has 3 fully saturated rings. The second-order valence-corrected chi connectivity index (χ2v) is 8.20. The summed E-state index contributed by atoms with van der Waals surface area (Å²) in [6.07, 6.45) is 8.36. The molecular weight excluding hydrogens is 286 g/mol. The third-order valence-electron chi connectivity index (χ3n) is 5.65. The summed E-state index contributed by atoms with van der Waals surface area (Å²) in [4.78, 5) is 25.9. The molecule has 1 aliphatic heterocycles. The van der Waals surface area contributed by atoms with Crippen molar-refractivity contribution in [3.63, 3.8) is 0 Å². The van der Waals surface area contributed by atoms with Crippen LogP contribution in [0.15, 0.2) is 0 Å². The van der Waals surface area contributed by atoms with Crippen LogP contribution in [-0.2, 0) is 9.59 Å². The van der Waals surface area contributed by atoms with Gasteiger partial charge in [-0.15, -0.1) is 11.8 Å². The summed E-state index contributed by atoms with van der Waals surface area (Å²) in [5, 5.41) is 9.33. The Morgan fingerprint density at radius 2 is 1.81 bits per heavy atom. The Kier molecular flexibility index (Phi) is 4.48. The first-order chi connectivity index (χ1) is 10.1. The van der Waals surface area contributed by atoms with Crippen molar-refractivity contribution >= 4 is 23.6 Å². The van der Waals surface area contributed by atoms with E-state index >= 15 is 0 Å². The zero-order valence-corrected chi connectivity index (χ0v) is 13.5. The minimum atomic E-state index is -0.855. The van der Waals surface area contributed by atoms with Gasteiger partial charge in [0.1, 0.15) is 6.04 Å².